The lowest BCUT2D eigenvalue weighted by molar-refractivity contribution is -0.153. The molecule has 0 amide bonds. The Bertz CT molecular complexity index is 368. The predicted octanol–water partition coefficient (Wildman–Crippen LogP) is 7.13. The summed E-state index contributed by atoms with van der Waals surface area (Å²) in [5.74, 6) is -0.578. The summed E-state index contributed by atoms with van der Waals surface area (Å²) in [6.45, 7) is 6.85. The second-order valence-electron chi connectivity index (χ2n) is 8.05. The number of hydrogen-bond acceptors (Lipinski definition) is 4. The van der Waals surface area contributed by atoms with Crippen LogP contribution in [0.15, 0.2) is 0 Å². The average Bonchev–Trinajstić information content (AvgIpc) is 2.67. The molecule has 0 spiro atoms. The molecular weight excluding hydrogens is 352 g/mol. The first-order valence-corrected chi connectivity index (χ1v) is 11.9. The molecule has 0 aromatic heterocycles. The molecule has 4 nitrogen and oxygen atoms in total. The number of rotatable bonds is 20. The Morgan fingerprint density at radius 1 is 0.643 bits per heavy atom. The van der Waals surface area contributed by atoms with Gasteiger partial charge < -0.3 is 9.47 Å². The number of carbonyl (C=O) groups excluding carboxylic acids is 2. The monoisotopic (exact) mass is 398 g/mol. The van der Waals surface area contributed by atoms with Gasteiger partial charge in [-0.25, -0.2) is 0 Å². The molecule has 0 saturated carbocycles. The number of carbonyl (C=O) groups is 2. The van der Waals surface area contributed by atoms with Gasteiger partial charge in [0, 0.05) is 0 Å². The van der Waals surface area contributed by atoms with E-state index in [-0.39, 0.29) is 30.9 Å². The van der Waals surface area contributed by atoms with E-state index in [1.165, 1.54) is 70.6 Å². The van der Waals surface area contributed by atoms with Crippen LogP contribution in [0.2, 0.25) is 0 Å². The van der Waals surface area contributed by atoms with Crippen molar-refractivity contribution >= 4 is 11.9 Å². The minimum absolute atomic E-state index is 0.0629. The molecule has 0 aliphatic rings. The van der Waals surface area contributed by atoms with Gasteiger partial charge in [-0.1, -0.05) is 90.9 Å². The van der Waals surface area contributed by atoms with Crippen molar-refractivity contribution in [3.63, 3.8) is 0 Å². The highest BCUT2D eigenvalue weighted by Crippen LogP contribution is 2.11. The van der Waals surface area contributed by atoms with Gasteiger partial charge in [0.05, 0.1) is 25.6 Å². The van der Waals surface area contributed by atoms with Gasteiger partial charge in [-0.2, -0.15) is 0 Å². The van der Waals surface area contributed by atoms with Gasteiger partial charge in [0.1, 0.15) is 0 Å². The van der Waals surface area contributed by atoms with Crippen LogP contribution in [-0.4, -0.2) is 24.6 Å². The van der Waals surface area contributed by atoms with Gasteiger partial charge in [0.2, 0.25) is 0 Å². The standard InChI is InChI=1S/C24H46O4/c1-4-6-8-10-12-13-15-17-21-27-23(25)19-20-24(26)28-22(3)18-16-14-11-9-7-5-2/h22H,4-21H2,1-3H3. The van der Waals surface area contributed by atoms with Crippen LogP contribution in [0.25, 0.3) is 0 Å². The van der Waals surface area contributed by atoms with Crippen molar-refractivity contribution in [1.82, 2.24) is 0 Å². The van der Waals surface area contributed by atoms with Gasteiger partial charge in [0.25, 0.3) is 0 Å². The molecule has 0 aromatic carbocycles. The summed E-state index contributed by atoms with van der Waals surface area (Å²) in [5, 5.41) is 0. The molecule has 0 fully saturated rings. The molecule has 0 aliphatic carbocycles. The van der Waals surface area contributed by atoms with Gasteiger partial charge >= 0.3 is 11.9 Å². The van der Waals surface area contributed by atoms with E-state index in [2.05, 4.69) is 13.8 Å². The zero-order valence-electron chi connectivity index (χ0n) is 18.9. The van der Waals surface area contributed by atoms with Gasteiger partial charge in [-0.3, -0.25) is 9.59 Å². The highest BCUT2D eigenvalue weighted by atomic mass is 16.5. The molecule has 0 aliphatic heterocycles. The van der Waals surface area contributed by atoms with E-state index in [0.717, 1.165) is 25.7 Å². The third-order valence-corrected chi connectivity index (χ3v) is 5.09. The van der Waals surface area contributed by atoms with Crippen LogP contribution >= 0.6 is 0 Å². The fourth-order valence-electron chi connectivity index (χ4n) is 3.25. The summed E-state index contributed by atoms with van der Waals surface area (Å²) in [6.07, 6.45) is 18.3. The van der Waals surface area contributed by atoms with E-state index >= 15 is 0 Å². The highest BCUT2D eigenvalue weighted by molar-refractivity contribution is 5.77. The summed E-state index contributed by atoms with van der Waals surface area (Å²) in [7, 11) is 0. The van der Waals surface area contributed by atoms with Crippen LogP contribution in [0.1, 0.15) is 130 Å². The van der Waals surface area contributed by atoms with Crippen molar-refractivity contribution in [3.05, 3.63) is 0 Å². The zero-order chi connectivity index (χ0) is 20.9. The van der Waals surface area contributed by atoms with Crippen LogP contribution < -0.4 is 0 Å². The van der Waals surface area contributed by atoms with Crippen molar-refractivity contribution < 1.29 is 19.1 Å². The zero-order valence-corrected chi connectivity index (χ0v) is 18.9. The maximum absolute atomic E-state index is 11.8. The molecule has 0 aromatic rings. The molecule has 166 valence electrons. The second kappa shape index (κ2) is 20.7. The van der Waals surface area contributed by atoms with Crippen molar-refractivity contribution in [2.75, 3.05) is 6.61 Å². The molecule has 0 heterocycles. The van der Waals surface area contributed by atoms with Crippen LogP contribution in [0.4, 0.5) is 0 Å². The van der Waals surface area contributed by atoms with Gasteiger partial charge in [0.15, 0.2) is 0 Å². The van der Waals surface area contributed by atoms with E-state index in [9.17, 15) is 9.59 Å². The van der Waals surface area contributed by atoms with Crippen LogP contribution in [0.5, 0.6) is 0 Å². The summed E-state index contributed by atoms with van der Waals surface area (Å²) in [4.78, 5) is 23.5. The van der Waals surface area contributed by atoms with Crippen LogP contribution in [0, 0.1) is 0 Å². The van der Waals surface area contributed by atoms with E-state index in [0.29, 0.717) is 6.61 Å². The number of ether oxygens (including phenoxy) is 2. The van der Waals surface area contributed by atoms with Gasteiger partial charge in [-0.15, -0.1) is 0 Å². The quantitative estimate of drug-likeness (QED) is 0.162. The van der Waals surface area contributed by atoms with Crippen LogP contribution in [0.3, 0.4) is 0 Å². The minimum Gasteiger partial charge on any atom is -0.466 e. The molecule has 1 unspecified atom stereocenters. The Labute approximate surface area is 174 Å². The summed E-state index contributed by atoms with van der Waals surface area (Å²) < 4.78 is 10.6. The maximum atomic E-state index is 11.8. The molecule has 0 rings (SSSR count). The predicted molar refractivity (Wildman–Crippen MR) is 116 cm³/mol. The first-order valence-electron chi connectivity index (χ1n) is 11.9. The lowest BCUT2D eigenvalue weighted by Crippen LogP contribution is -2.16. The molecule has 4 heteroatoms. The summed E-state index contributed by atoms with van der Waals surface area (Å²) in [5.41, 5.74) is 0. The van der Waals surface area contributed by atoms with E-state index in [1.54, 1.807) is 0 Å². The molecule has 0 bridgehead atoms. The van der Waals surface area contributed by atoms with Crippen molar-refractivity contribution in [2.45, 2.75) is 136 Å². The molecule has 0 radical (unpaired) electrons. The molecule has 1 atom stereocenters. The summed E-state index contributed by atoms with van der Waals surface area (Å²) in [6, 6.07) is 0. The Morgan fingerprint density at radius 3 is 1.68 bits per heavy atom. The Hall–Kier alpha value is -1.06. The Balaban J connectivity index is 3.48. The number of esters is 2. The summed E-state index contributed by atoms with van der Waals surface area (Å²) >= 11 is 0. The van der Waals surface area contributed by atoms with E-state index < -0.39 is 0 Å². The highest BCUT2D eigenvalue weighted by Gasteiger charge is 2.12. The number of unbranched alkanes of at least 4 members (excludes halogenated alkanes) is 12. The third-order valence-electron chi connectivity index (χ3n) is 5.09. The smallest absolute Gasteiger partial charge is 0.306 e. The molecule has 0 saturated heterocycles. The average molecular weight is 399 g/mol. The first-order chi connectivity index (χ1) is 13.6. The maximum Gasteiger partial charge on any atom is 0.306 e. The van der Waals surface area contributed by atoms with E-state index in [4.69, 9.17) is 9.47 Å². The normalized spacial score (nSPS) is 12.0. The molecule has 28 heavy (non-hydrogen) atoms. The van der Waals surface area contributed by atoms with Crippen molar-refractivity contribution in [1.29, 1.82) is 0 Å². The van der Waals surface area contributed by atoms with Crippen LogP contribution in [-0.2, 0) is 19.1 Å². The minimum atomic E-state index is -0.289. The lowest BCUT2D eigenvalue weighted by atomic mass is 10.1. The van der Waals surface area contributed by atoms with E-state index in [1.807, 2.05) is 6.92 Å². The largest absolute Gasteiger partial charge is 0.466 e. The lowest BCUT2D eigenvalue weighted by Gasteiger charge is -2.13. The first kappa shape index (κ1) is 26.9. The fourth-order valence-corrected chi connectivity index (χ4v) is 3.25. The Morgan fingerprint density at radius 2 is 1.11 bits per heavy atom. The SMILES string of the molecule is CCCCCCCCCCOC(=O)CCC(=O)OC(C)CCCCCCCC. The molecule has 0 N–H and O–H groups in total. The van der Waals surface area contributed by atoms with Crippen molar-refractivity contribution in [3.8, 4) is 0 Å². The van der Waals surface area contributed by atoms with Crippen molar-refractivity contribution in [2.24, 2.45) is 0 Å². The topological polar surface area (TPSA) is 52.6 Å². The second-order valence-corrected chi connectivity index (χ2v) is 8.05. The third kappa shape index (κ3) is 19.7. The Kier molecular flexibility index (Phi) is 19.9. The van der Waals surface area contributed by atoms with Gasteiger partial charge in [-0.05, 0) is 26.2 Å². The molecular formula is C24H46O4. The number of hydrogen-bond donors (Lipinski definition) is 0. The fraction of sp³-hybridized carbons (Fsp3) is 0.917.